The highest BCUT2D eigenvalue weighted by Gasteiger charge is 2.26. The van der Waals surface area contributed by atoms with Gasteiger partial charge in [-0.15, -0.1) is 11.3 Å². The Morgan fingerprint density at radius 2 is 1.97 bits per heavy atom. The molecule has 5 rings (SSSR count). The first kappa shape index (κ1) is 22.0. The minimum absolute atomic E-state index is 0.0708. The summed E-state index contributed by atoms with van der Waals surface area (Å²) in [6, 6.07) is 23.7. The van der Waals surface area contributed by atoms with E-state index < -0.39 is 0 Å². The Kier molecular flexibility index (Phi) is 6.18. The van der Waals surface area contributed by atoms with Crippen molar-refractivity contribution in [1.29, 1.82) is 0 Å². The number of methoxy groups -OCH3 is 1. The zero-order valence-corrected chi connectivity index (χ0v) is 19.8. The van der Waals surface area contributed by atoms with Crippen LogP contribution in [0.3, 0.4) is 0 Å². The van der Waals surface area contributed by atoms with Gasteiger partial charge in [-0.05, 0) is 41.8 Å². The standard InChI is InChI=1S/C27H25N3O3S/c1-18(19-8-4-3-5-9-19)16-29-26(31)23-13-14-24(34-23)30-17-20-10-6-12-22(32-2)25(20)33-27-21(30)11-7-15-28-27/h3-15,18H,16-17H2,1-2H3,(H,29,31)/t18-/m1/s1. The number of amides is 1. The third-order valence-corrected chi connectivity index (χ3v) is 6.98. The molecule has 3 heterocycles. The number of rotatable bonds is 6. The van der Waals surface area contributed by atoms with E-state index in [-0.39, 0.29) is 11.8 Å². The van der Waals surface area contributed by atoms with E-state index in [1.165, 1.54) is 16.9 Å². The van der Waals surface area contributed by atoms with Crippen LogP contribution in [-0.4, -0.2) is 24.5 Å². The van der Waals surface area contributed by atoms with Crippen molar-refractivity contribution >= 4 is 27.9 Å². The number of carbonyl (C=O) groups is 1. The number of hydrogen-bond donors (Lipinski definition) is 1. The summed E-state index contributed by atoms with van der Waals surface area (Å²) in [6.07, 6.45) is 1.71. The summed E-state index contributed by atoms with van der Waals surface area (Å²) in [6.45, 7) is 3.26. The first-order valence-corrected chi connectivity index (χ1v) is 11.9. The maximum atomic E-state index is 12.9. The zero-order valence-electron chi connectivity index (χ0n) is 19.0. The average Bonchev–Trinajstić information content (AvgIpc) is 3.30. The van der Waals surface area contributed by atoms with Crippen LogP contribution in [0.2, 0.25) is 0 Å². The van der Waals surface area contributed by atoms with Gasteiger partial charge in [-0.2, -0.15) is 0 Å². The van der Waals surface area contributed by atoms with Crippen LogP contribution in [0, 0.1) is 0 Å². The van der Waals surface area contributed by atoms with Crippen LogP contribution in [0.15, 0.2) is 79.0 Å². The topological polar surface area (TPSA) is 63.7 Å². The number of anilines is 2. The zero-order chi connectivity index (χ0) is 23.5. The summed E-state index contributed by atoms with van der Waals surface area (Å²) >= 11 is 1.45. The number of para-hydroxylation sites is 1. The molecular weight excluding hydrogens is 446 g/mol. The SMILES string of the molecule is COc1cccc2c1Oc1ncccc1N(c1ccc(C(=O)NC[C@@H](C)c3ccccc3)s1)C2. The van der Waals surface area contributed by atoms with Crippen molar-refractivity contribution in [1.82, 2.24) is 10.3 Å². The van der Waals surface area contributed by atoms with E-state index in [4.69, 9.17) is 9.47 Å². The lowest BCUT2D eigenvalue weighted by atomic mass is 10.0. The van der Waals surface area contributed by atoms with Gasteiger partial charge in [0.2, 0.25) is 5.88 Å². The molecule has 1 aliphatic rings. The molecular formula is C27H25N3O3S. The van der Waals surface area contributed by atoms with E-state index in [1.807, 2.05) is 60.7 Å². The second kappa shape index (κ2) is 9.57. The Morgan fingerprint density at radius 3 is 2.79 bits per heavy atom. The number of thiophene rings is 1. The van der Waals surface area contributed by atoms with Crippen LogP contribution >= 0.6 is 11.3 Å². The molecule has 2 aromatic heterocycles. The fourth-order valence-corrected chi connectivity index (χ4v) is 4.94. The van der Waals surface area contributed by atoms with Crippen LogP contribution in [0.1, 0.15) is 33.6 Å². The molecule has 1 atom stereocenters. The van der Waals surface area contributed by atoms with Gasteiger partial charge in [0.1, 0.15) is 5.69 Å². The van der Waals surface area contributed by atoms with Crippen LogP contribution in [0.5, 0.6) is 17.4 Å². The number of benzene rings is 2. The molecule has 0 radical (unpaired) electrons. The molecule has 0 saturated carbocycles. The molecule has 0 fully saturated rings. The van der Waals surface area contributed by atoms with Crippen molar-refractivity contribution in [3.05, 3.63) is 95.0 Å². The minimum Gasteiger partial charge on any atom is -0.493 e. The van der Waals surface area contributed by atoms with Crippen molar-refractivity contribution in [3.8, 4) is 17.4 Å². The summed E-state index contributed by atoms with van der Waals surface area (Å²) < 4.78 is 11.7. The molecule has 172 valence electrons. The van der Waals surface area contributed by atoms with E-state index in [0.717, 1.165) is 16.3 Å². The molecule has 0 spiro atoms. The predicted molar refractivity (Wildman–Crippen MR) is 135 cm³/mol. The van der Waals surface area contributed by atoms with Crippen LogP contribution in [-0.2, 0) is 6.54 Å². The Bertz CT molecular complexity index is 1310. The molecule has 6 nitrogen and oxygen atoms in total. The van der Waals surface area contributed by atoms with Crippen molar-refractivity contribution in [2.75, 3.05) is 18.6 Å². The Morgan fingerprint density at radius 1 is 1.12 bits per heavy atom. The van der Waals surface area contributed by atoms with Crippen molar-refractivity contribution in [3.63, 3.8) is 0 Å². The first-order chi connectivity index (χ1) is 16.6. The van der Waals surface area contributed by atoms with E-state index >= 15 is 0 Å². The molecule has 0 aliphatic carbocycles. The summed E-state index contributed by atoms with van der Waals surface area (Å²) in [5, 5.41) is 4.01. The maximum absolute atomic E-state index is 12.9. The Balaban J connectivity index is 1.39. The molecule has 4 aromatic rings. The highest BCUT2D eigenvalue weighted by Crippen LogP contribution is 2.46. The van der Waals surface area contributed by atoms with Gasteiger partial charge in [0.25, 0.3) is 5.91 Å². The monoisotopic (exact) mass is 471 g/mol. The van der Waals surface area contributed by atoms with Crippen LogP contribution in [0.25, 0.3) is 0 Å². The quantitative estimate of drug-likeness (QED) is 0.367. The molecule has 2 aromatic carbocycles. The van der Waals surface area contributed by atoms with Crippen LogP contribution < -0.4 is 19.7 Å². The lowest BCUT2D eigenvalue weighted by molar-refractivity contribution is 0.0955. The van der Waals surface area contributed by atoms with Gasteiger partial charge in [0.05, 0.1) is 23.5 Å². The third-order valence-electron chi connectivity index (χ3n) is 5.87. The number of fused-ring (bicyclic) bond motifs is 2. The van der Waals surface area contributed by atoms with Gasteiger partial charge in [0, 0.05) is 18.3 Å². The Labute approximate surface area is 202 Å². The van der Waals surface area contributed by atoms with Crippen molar-refractivity contribution in [2.24, 2.45) is 0 Å². The normalized spacial score (nSPS) is 13.2. The second-order valence-corrected chi connectivity index (χ2v) is 9.19. The largest absolute Gasteiger partial charge is 0.493 e. The van der Waals surface area contributed by atoms with Gasteiger partial charge in [-0.3, -0.25) is 4.79 Å². The summed E-state index contributed by atoms with van der Waals surface area (Å²) in [7, 11) is 1.63. The molecule has 1 aliphatic heterocycles. The predicted octanol–water partition coefficient (Wildman–Crippen LogP) is 6.13. The number of aromatic nitrogens is 1. The van der Waals surface area contributed by atoms with Gasteiger partial charge in [-0.25, -0.2) is 4.98 Å². The maximum Gasteiger partial charge on any atom is 0.261 e. The lowest BCUT2D eigenvalue weighted by Gasteiger charge is -2.21. The summed E-state index contributed by atoms with van der Waals surface area (Å²) in [5.74, 6) is 1.99. The molecule has 0 saturated heterocycles. The number of hydrogen-bond acceptors (Lipinski definition) is 6. The molecule has 1 N–H and O–H groups in total. The number of pyridine rings is 1. The number of ether oxygens (including phenoxy) is 2. The van der Waals surface area contributed by atoms with E-state index in [0.29, 0.717) is 35.3 Å². The van der Waals surface area contributed by atoms with E-state index in [2.05, 4.69) is 34.3 Å². The first-order valence-electron chi connectivity index (χ1n) is 11.1. The summed E-state index contributed by atoms with van der Waals surface area (Å²) in [5.41, 5.74) is 3.03. The molecule has 0 unspecified atom stereocenters. The van der Waals surface area contributed by atoms with Gasteiger partial charge in [-0.1, -0.05) is 49.4 Å². The smallest absolute Gasteiger partial charge is 0.261 e. The van der Waals surface area contributed by atoms with Crippen molar-refractivity contribution < 1.29 is 14.3 Å². The van der Waals surface area contributed by atoms with E-state index in [9.17, 15) is 4.79 Å². The Hall–Kier alpha value is -3.84. The fourth-order valence-electron chi connectivity index (χ4n) is 4.00. The molecule has 1 amide bonds. The van der Waals surface area contributed by atoms with Gasteiger partial charge in [0.15, 0.2) is 11.5 Å². The highest BCUT2D eigenvalue weighted by atomic mass is 32.1. The second-order valence-electron chi connectivity index (χ2n) is 8.12. The van der Waals surface area contributed by atoms with Gasteiger partial charge >= 0.3 is 0 Å². The lowest BCUT2D eigenvalue weighted by Crippen LogP contribution is -2.26. The van der Waals surface area contributed by atoms with Crippen molar-refractivity contribution in [2.45, 2.75) is 19.4 Å². The average molecular weight is 472 g/mol. The number of carbonyl (C=O) groups excluding carboxylic acids is 1. The molecule has 7 heteroatoms. The number of nitrogens with one attached hydrogen (secondary N) is 1. The van der Waals surface area contributed by atoms with Gasteiger partial charge < -0.3 is 19.7 Å². The van der Waals surface area contributed by atoms with Crippen LogP contribution in [0.4, 0.5) is 10.7 Å². The highest BCUT2D eigenvalue weighted by molar-refractivity contribution is 7.18. The molecule has 34 heavy (non-hydrogen) atoms. The fraction of sp³-hybridized carbons (Fsp3) is 0.185. The van der Waals surface area contributed by atoms with E-state index in [1.54, 1.807) is 13.3 Å². The minimum atomic E-state index is -0.0708. The molecule has 0 bridgehead atoms. The third kappa shape index (κ3) is 4.34. The number of nitrogens with zero attached hydrogens (tertiary/aromatic N) is 2. The summed E-state index contributed by atoms with van der Waals surface area (Å²) in [4.78, 5) is 20.1.